The molecular formula is C9H12N2O2S. The molecule has 0 saturated carbocycles. The van der Waals surface area contributed by atoms with Gasteiger partial charge in [0.2, 0.25) is 5.12 Å². The zero-order valence-corrected chi connectivity index (χ0v) is 8.47. The molecule has 0 aromatic carbocycles. The number of carbonyl (C=O) groups excluding carboxylic acids is 2. The Morgan fingerprint density at radius 2 is 2.07 bits per heavy atom. The van der Waals surface area contributed by atoms with Crippen LogP contribution >= 0.6 is 11.8 Å². The third-order valence-corrected chi connectivity index (χ3v) is 2.03. The van der Waals surface area contributed by atoms with Gasteiger partial charge in [-0.1, -0.05) is 37.1 Å². The van der Waals surface area contributed by atoms with Crippen molar-refractivity contribution in [2.24, 2.45) is 5.73 Å². The number of primary amides is 1. The normalized spacial score (nSPS) is 10.4. The Labute approximate surface area is 86.9 Å². The first kappa shape index (κ1) is 12.5. The number of amides is 2. The molecule has 4 nitrogen and oxygen atoms in total. The van der Waals surface area contributed by atoms with Crippen LogP contribution < -0.4 is 11.1 Å². The summed E-state index contributed by atoms with van der Waals surface area (Å²) in [5, 5.41) is 1.99. The van der Waals surface area contributed by atoms with Gasteiger partial charge in [0.1, 0.15) is 0 Å². The van der Waals surface area contributed by atoms with Gasteiger partial charge in [-0.05, 0) is 6.08 Å². The molecule has 14 heavy (non-hydrogen) atoms. The molecule has 0 saturated heterocycles. The van der Waals surface area contributed by atoms with Crippen molar-refractivity contribution in [2.75, 3.05) is 6.54 Å². The number of allylic oxidation sites excluding steroid dienone is 3. The first-order valence-electron chi connectivity index (χ1n) is 3.79. The standard InChI is InChI=1S/C9H12N2O2S/c1-3-5-7(4-2)14-8(12)6-11-9(10)13/h3-5H,1-2,6H2,(H3,10,11,13)/b7-5+. The minimum atomic E-state index is -0.716. The summed E-state index contributed by atoms with van der Waals surface area (Å²) < 4.78 is 0. The van der Waals surface area contributed by atoms with E-state index in [0.29, 0.717) is 4.91 Å². The summed E-state index contributed by atoms with van der Waals surface area (Å²) in [4.78, 5) is 22.1. The lowest BCUT2D eigenvalue weighted by Crippen LogP contribution is -2.32. The third-order valence-electron chi connectivity index (χ3n) is 1.12. The average Bonchev–Trinajstić information content (AvgIpc) is 2.14. The highest BCUT2D eigenvalue weighted by molar-refractivity contribution is 8.17. The summed E-state index contributed by atoms with van der Waals surface area (Å²) in [7, 11) is 0. The van der Waals surface area contributed by atoms with Crippen molar-refractivity contribution in [3.05, 3.63) is 36.3 Å². The molecule has 0 aliphatic carbocycles. The molecule has 0 aliphatic heterocycles. The molecule has 0 rings (SSSR count). The predicted molar refractivity (Wildman–Crippen MR) is 58.7 cm³/mol. The van der Waals surface area contributed by atoms with Crippen LogP contribution in [0.5, 0.6) is 0 Å². The largest absolute Gasteiger partial charge is 0.352 e. The summed E-state index contributed by atoms with van der Waals surface area (Å²) in [5.74, 6) is 0. The van der Waals surface area contributed by atoms with Gasteiger partial charge in [-0.2, -0.15) is 0 Å². The number of urea groups is 1. The first-order chi connectivity index (χ1) is 6.60. The van der Waals surface area contributed by atoms with E-state index >= 15 is 0 Å². The van der Waals surface area contributed by atoms with Crippen LogP contribution in [-0.2, 0) is 4.79 Å². The molecule has 0 aliphatic rings. The average molecular weight is 212 g/mol. The van der Waals surface area contributed by atoms with Gasteiger partial charge in [0.25, 0.3) is 0 Å². The topological polar surface area (TPSA) is 72.2 Å². The van der Waals surface area contributed by atoms with Crippen LogP contribution in [0.15, 0.2) is 36.3 Å². The fourth-order valence-electron chi connectivity index (χ4n) is 0.587. The second kappa shape index (κ2) is 6.97. The van der Waals surface area contributed by atoms with E-state index < -0.39 is 6.03 Å². The minimum Gasteiger partial charge on any atom is -0.352 e. The van der Waals surface area contributed by atoms with E-state index in [1.165, 1.54) is 6.08 Å². The molecule has 0 radical (unpaired) electrons. The van der Waals surface area contributed by atoms with E-state index in [9.17, 15) is 9.59 Å². The highest BCUT2D eigenvalue weighted by Gasteiger charge is 2.04. The van der Waals surface area contributed by atoms with Crippen molar-refractivity contribution in [3.63, 3.8) is 0 Å². The quantitative estimate of drug-likeness (QED) is 0.672. The highest BCUT2D eigenvalue weighted by atomic mass is 32.2. The van der Waals surface area contributed by atoms with Crippen molar-refractivity contribution in [1.29, 1.82) is 0 Å². The van der Waals surface area contributed by atoms with Crippen LogP contribution in [0.2, 0.25) is 0 Å². The third kappa shape index (κ3) is 6.07. The summed E-state index contributed by atoms with van der Waals surface area (Å²) >= 11 is 0.974. The summed E-state index contributed by atoms with van der Waals surface area (Å²) in [5.41, 5.74) is 4.80. The summed E-state index contributed by atoms with van der Waals surface area (Å²) in [6.07, 6.45) is 4.74. The molecule has 0 aromatic rings. The Kier molecular flexibility index (Phi) is 6.22. The summed E-state index contributed by atoms with van der Waals surface area (Å²) in [6, 6.07) is -0.716. The Hall–Kier alpha value is -1.49. The molecule has 0 unspecified atom stereocenters. The van der Waals surface area contributed by atoms with Crippen LogP contribution in [0.3, 0.4) is 0 Å². The molecule has 0 heterocycles. The van der Waals surface area contributed by atoms with Crippen molar-refractivity contribution in [1.82, 2.24) is 5.32 Å². The number of nitrogens with two attached hydrogens (primary N) is 1. The van der Waals surface area contributed by atoms with Crippen LogP contribution in [0.25, 0.3) is 0 Å². The van der Waals surface area contributed by atoms with E-state index in [1.807, 2.05) is 0 Å². The Bertz CT molecular complexity index is 285. The minimum absolute atomic E-state index is 0.0949. The zero-order valence-electron chi connectivity index (χ0n) is 7.66. The van der Waals surface area contributed by atoms with Crippen LogP contribution in [0, 0.1) is 0 Å². The molecule has 5 heteroatoms. The van der Waals surface area contributed by atoms with E-state index in [2.05, 4.69) is 18.5 Å². The molecule has 0 bridgehead atoms. The van der Waals surface area contributed by atoms with Gasteiger partial charge in [-0.15, -0.1) is 0 Å². The first-order valence-corrected chi connectivity index (χ1v) is 4.61. The van der Waals surface area contributed by atoms with Gasteiger partial charge in [-0.3, -0.25) is 4.79 Å². The maximum absolute atomic E-state index is 11.2. The predicted octanol–water partition coefficient (Wildman–Crippen LogP) is 1.17. The number of hydrogen-bond donors (Lipinski definition) is 2. The van der Waals surface area contributed by atoms with Crippen molar-refractivity contribution in [3.8, 4) is 0 Å². The molecule has 0 spiro atoms. The molecular weight excluding hydrogens is 200 g/mol. The van der Waals surface area contributed by atoms with E-state index in [1.54, 1.807) is 12.2 Å². The smallest absolute Gasteiger partial charge is 0.312 e. The Balaban J connectivity index is 4.03. The molecule has 0 atom stereocenters. The lowest BCUT2D eigenvalue weighted by molar-refractivity contribution is -0.110. The van der Waals surface area contributed by atoms with E-state index in [0.717, 1.165) is 11.8 Å². The van der Waals surface area contributed by atoms with Crippen LogP contribution in [0.4, 0.5) is 4.79 Å². The summed E-state index contributed by atoms with van der Waals surface area (Å²) in [6.45, 7) is 6.92. The Morgan fingerprint density at radius 1 is 1.43 bits per heavy atom. The monoisotopic (exact) mass is 212 g/mol. The van der Waals surface area contributed by atoms with E-state index in [-0.39, 0.29) is 11.7 Å². The number of thioether (sulfide) groups is 1. The van der Waals surface area contributed by atoms with Crippen LogP contribution in [0.1, 0.15) is 0 Å². The van der Waals surface area contributed by atoms with Gasteiger partial charge in [-0.25, -0.2) is 4.79 Å². The lowest BCUT2D eigenvalue weighted by atomic mass is 10.5. The number of rotatable bonds is 5. The Morgan fingerprint density at radius 3 is 2.50 bits per heavy atom. The fourth-order valence-corrected chi connectivity index (χ4v) is 1.24. The van der Waals surface area contributed by atoms with Crippen molar-refractivity contribution >= 4 is 22.9 Å². The lowest BCUT2D eigenvalue weighted by Gasteiger charge is -2.00. The molecule has 76 valence electrons. The van der Waals surface area contributed by atoms with Gasteiger partial charge in [0, 0.05) is 4.91 Å². The van der Waals surface area contributed by atoms with Gasteiger partial charge in [0.05, 0.1) is 6.54 Å². The number of carbonyl (C=O) groups is 2. The van der Waals surface area contributed by atoms with E-state index in [4.69, 9.17) is 5.73 Å². The second-order valence-electron chi connectivity index (χ2n) is 2.20. The maximum Gasteiger partial charge on any atom is 0.312 e. The highest BCUT2D eigenvalue weighted by Crippen LogP contribution is 2.16. The SMILES string of the molecule is C=C/C=C(\C=C)SC(=O)CNC(N)=O. The van der Waals surface area contributed by atoms with Crippen molar-refractivity contribution in [2.45, 2.75) is 0 Å². The van der Waals surface area contributed by atoms with Crippen LogP contribution in [-0.4, -0.2) is 17.7 Å². The van der Waals surface area contributed by atoms with Gasteiger partial charge < -0.3 is 11.1 Å². The molecule has 0 aromatic heterocycles. The zero-order chi connectivity index (χ0) is 11.0. The maximum atomic E-state index is 11.2. The number of hydrogen-bond acceptors (Lipinski definition) is 3. The molecule has 2 amide bonds. The van der Waals surface area contributed by atoms with Gasteiger partial charge in [0.15, 0.2) is 0 Å². The van der Waals surface area contributed by atoms with Crippen molar-refractivity contribution < 1.29 is 9.59 Å². The van der Waals surface area contributed by atoms with Gasteiger partial charge >= 0.3 is 6.03 Å². The molecule has 0 fully saturated rings. The fraction of sp³-hybridized carbons (Fsp3) is 0.111. The second-order valence-corrected chi connectivity index (χ2v) is 3.33. The molecule has 3 N–H and O–H groups in total. The number of nitrogens with one attached hydrogen (secondary N) is 1.